The van der Waals surface area contributed by atoms with Crippen molar-refractivity contribution in [3.63, 3.8) is 0 Å². The smallest absolute Gasteiger partial charge is 0.340 e. The number of nitrogens with one attached hydrogen (secondary N) is 1. The fraction of sp³-hybridized carbons (Fsp3) is 0.500. The maximum absolute atomic E-state index is 11.8. The molecule has 1 saturated heterocycles. The Labute approximate surface area is 112 Å². The molecule has 1 aliphatic heterocycles. The van der Waals surface area contributed by atoms with Crippen LogP contribution in [0.3, 0.4) is 0 Å². The average Bonchev–Trinajstić information content (AvgIpc) is 2.41. The van der Waals surface area contributed by atoms with Gasteiger partial charge in [0, 0.05) is 11.7 Å². The molecule has 0 unspecified atom stereocenters. The minimum atomic E-state index is -0.245. The Morgan fingerprint density at radius 2 is 2.11 bits per heavy atom. The first-order valence-electron chi connectivity index (χ1n) is 6.41. The summed E-state index contributed by atoms with van der Waals surface area (Å²) in [6, 6.07) is 8.06. The van der Waals surface area contributed by atoms with Gasteiger partial charge in [-0.25, -0.2) is 4.79 Å². The van der Waals surface area contributed by atoms with Crippen LogP contribution in [-0.4, -0.2) is 30.1 Å². The maximum atomic E-state index is 11.8. The maximum Gasteiger partial charge on any atom is 0.340 e. The van der Waals surface area contributed by atoms with Gasteiger partial charge in [-0.3, -0.25) is 0 Å². The zero-order chi connectivity index (χ0) is 12.8. The van der Waals surface area contributed by atoms with Gasteiger partial charge in [-0.2, -0.15) is 11.8 Å². The zero-order valence-corrected chi connectivity index (χ0v) is 11.5. The Morgan fingerprint density at radius 3 is 2.83 bits per heavy atom. The second-order valence-electron chi connectivity index (χ2n) is 4.30. The van der Waals surface area contributed by atoms with Crippen molar-refractivity contribution in [2.45, 2.75) is 25.8 Å². The Morgan fingerprint density at radius 1 is 1.39 bits per heavy atom. The summed E-state index contributed by atoms with van der Waals surface area (Å²) >= 11 is 2.00. The van der Waals surface area contributed by atoms with E-state index in [0.717, 1.165) is 18.5 Å². The fourth-order valence-corrected chi connectivity index (χ4v) is 3.16. The molecular formula is C14H19NO2S. The van der Waals surface area contributed by atoms with Crippen molar-refractivity contribution in [2.24, 2.45) is 0 Å². The molecule has 0 saturated carbocycles. The second kappa shape index (κ2) is 6.69. The normalized spacial score (nSPS) is 16.3. The van der Waals surface area contributed by atoms with Crippen molar-refractivity contribution in [2.75, 3.05) is 23.4 Å². The van der Waals surface area contributed by atoms with Gasteiger partial charge in [0.2, 0.25) is 0 Å². The van der Waals surface area contributed by atoms with E-state index in [0.29, 0.717) is 18.2 Å². The lowest BCUT2D eigenvalue weighted by molar-refractivity contribution is 0.0527. The molecule has 3 nitrogen and oxygen atoms in total. The third kappa shape index (κ3) is 3.42. The topological polar surface area (TPSA) is 38.3 Å². The number of carbonyl (C=O) groups is 1. The molecule has 98 valence electrons. The van der Waals surface area contributed by atoms with Gasteiger partial charge in [-0.15, -0.1) is 0 Å². The lowest BCUT2D eigenvalue weighted by atomic mass is 10.1. The number of anilines is 1. The van der Waals surface area contributed by atoms with E-state index in [1.165, 1.54) is 11.5 Å². The molecule has 0 radical (unpaired) electrons. The second-order valence-corrected chi connectivity index (χ2v) is 5.52. The van der Waals surface area contributed by atoms with E-state index < -0.39 is 0 Å². The minimum Gasteiger partial charge on any atom is -0.462 e. The molecule has 2 rings (SSSR count). The number of ether oxygens (including phenoxy) is 1. The SMILES string of the molecule is CCOC(=O)c1ccccc1NC1CCSCC1. The van der Waals surface area contributed by atoms with E-state index in [2.05, 4.69) is 5.32 Å². The quantitative estimate of drug-likeness (QED) is 0.849. The van der Waals surface area contributed by atoms with Crippen molar-refractivity contribution in [3.05, 3.63) is 29.8 Å². The number of esters is 1. The molecule has 1 N–H and O–H groups in total. The summed E-state index contributed by atoms with van der Waals surface area (Å²) < 4.78 is 5.07. The summed E-state index contributed by atoms with van der Waals surface area (Å²) in [5.74, 6) is 2.14. The number of rotatable bonds is 4. The first-order chi connectivity index (χ1) is 8.81. The van der Waals surface area contributed by atoms with Gasteiger partial charge in [0.25, 0.3) is 0 Å². The fourth-order valence-electron chi connectivity index (χ4n) is 2.06. The summed E-state index contributed by atoms with van der Waals surface area (Å²) in [6.45, 7) is 2.24. The molecule has 0 bridgehead atoms. The van der Waals surface area contributed by atoms with Crippen molar-refractivity contribution >= 4 is 23.4 Å². The summed E-state index contributed by atoms with van der Waals surface area (Å²) in [6.07, 6.45) is 2.31. The molecule has 1 aliphatic rings. The van der Waals surface area contributed by atoms with Gasteiger partial charge in [0.15, 0.2) is 0 Å². The molecule has 1 fully saturated rings. The largest absolute Gasteiger partial charge is 0.462 e. The van der Waals surface area contributed by atoms with Gasteiger partial charge in [-0.05, 0) is 43.4 Å². The third-order valence-electron chi connectivity index (χ3n) is 3.00. The highest BCUT2D eigenvalue weighted by atomic mass is 32.2. The number of carbonyl (C=O) groups excluding carboxylic acids is 1. The van der Waals surface area contributed by atoms with Gasteiger partial charge in [0.1, 0.15) is 0 Å². The molecule has 1 aromatic carbocycles. The first kappa shape index (κ1) is 13.3. The highest BCUT2D eigenvalue weighted by Gasteiger charge is 2.17. The van der Waals surface area contributed by atoms with Crippen LogP contribution in [0.25, 0.3) is 0 Å². The summed E-state index contributed by atoms with van der Waals surface area (Å²) in [4.78, 5) is 11.8. The van der Waals surface area contributed by atoms with E-state index >= 15 is 0 Å². The minimum absolute atomic E-state index is 0.245. The van der Waals surface area contributed by atoms with Gasteiger partial charge in [-0.1, -0.05) is 12.1 Å². The summed E-state index contributed by atoms with van der Waals surface area (Å²) in [5, 5.41) is 3.47. The van der Waals surface area contributed by atoms with E-state index in [1.54, 1.807) is 0 Å². The molecule has 0 atom stereocenters. The van der Waals surface area contributed by atoms with Crippen LogP contribution in [0.5, 0.6) is 0 Å². The van der Waals surface area contributed by atoms with E-state index in [-0.39, 0.29) is 5.97 Å². The molecule has 0 amide bonds. The standard InChI is InChI=1S/C14H19NO2S/c1-2-17-14(16)12-5-3-4-6-13(12)15-11-7-9-18-10-8-11/h3-6,11,15H,2,7-10H2,1H3. The van der Waals surface area contributed by atoms with E-state index in [1.807, 2.05) is 43.0 Å². The zero-order valence-electron chi connectivity index (χ0n) is 10.6. The predicted molar refractivity (Wildman–Crippen MR) is 76.4 cm³/mol. The van der Waals surface area contributed by atoms with Crippen molar-refractivity contribution in [3.8, 4) is 0 Å². The van der Waals surface area contributed by atoms with Crippen LogP contribution in [0.4, 0.5) is 5.69 Å². The number of benzene rings is 1. The highest BCUT2D eigenvalue weighted by molar-refractivity contribution is 7.99. The summed E-state index contributed by atoms with van der Waals surface area (Å²) in [7, 11) is 0. The number of para-hydroxylation sites is 1. The molecule has 0 spiro atoms. The molecule has 4 heteroatoms. The Balaban J connectivity index is 2.08. The molecule has 0 aliphatic carbocycles. The lowest BCUT2D eigenvalue weighted by Gasteiger charge is -2.24. The van der Waals surface area contributed by atoms with Crippen LogP contribution >= 0.6 is 11.8 Å². The molecule has 0 aromatic heterocycles. The number of hydrogen-bond acceptors (Lipinski definition) is 4. The van der Waals surface area contributed by atoms with Crippen LogP contribution in [0.15, 0.2) is 24.3 Å². The van der Waals surface area contributed by atoms with Gasteiger partial charge in [0.05, 0.1) is 12.2 Å². The van der Waals surface area contributed by atoms with Crippen molar-refractivity contribution in [1.29, 1.82) is 0 Å². The van der Waals surface area contributed by atoms with Crippen LogP contribution in [-0.2, 0) is 4.74 Å². The van der Waals surface area contributed by atoms with Crippen LogP contribution in [0, 0.1) is 0 Å². The first-order valence-corrected chi connectivity index (χ1v) is 7.57. The summed E-state index contributed by atoms with van der Waals surface area (Å²) in [5.41, 5.74) is 1.53. The third-order valence-corrected chi connectivity index (χ3v) is 4.05. The van der Waals surface area contributed by atoms with E-state index in [9.17, 15) is 4.79 Å². The van der Waals surface area contributed by atoms with Crippen LogP contribution in [0.1, 0.15) is 30.1 Å². The van der Waals surface area contributed by atoms with Crippen LogP contribution in [0.2, 0.25) is 0 Å². The highest BCUT2D eigenvalue weighted by Crippen LogP contribution is 2.23. The number of thioether (sulfide) groups is 1. The molecular weight excluding hydrogens is 246 g/mol. The van der Waals surface area contributed by atoms with E-state index in [4.69, 9.17) is 4.74 Å². The van der Waals surface area contributed by atoms with Crippen LogP contribution < -0.4 is 5.32 Å². The van der Waals surface area contributed by atoms with Gasteiger partial charge >= 0.3 is 5.97 Å². The lowest BCUT2D eigenvalue weighted by Crippen LogP contribution is -2.25. The predicted octanol–water partition coefficient (Wildman–Crippen LogP) is 3.17. The van der Waals surface area contributed by atoms with Crippen molar-refractivity contribution < 1.29 is 9.53 Å². The Hall–Kier alpha value is -1.16. The Bertz CT molecular complexity index is 403. The Kier molecular flexibility index (Phi) is 4.93. The average molecular weight is 265 g/mol. The van der Waals surface area contributed by atoms with Crippen molar-refractivity contribution in [1.82, 2.24) is 0 Å². The molecule has 18 heavy (non-hydrogen) atoms. The molecule has 1 aromatic rings. The molecule has 1 heterocycles. The van der Waals surface area contributed by atoms with Gasteiger partial charge < -0.3 is 10.1 Å². The monoisotopic (exact) mass is 265 g/mol. The number of hydrogen-bond donors (Lipinski definition) is 1.